The predicted octanol–water partition coefficient (Wildman–Crippen LogP) is 13.6. The average molecular weight is 736 g/mol. The van der Waals surface area contributed by atoms with Crippen LogP contribution in [0.3, 0.4) is 0 Å². The van der Waals surface area contributed by atoms with Gasteiger partial charge in [0.25, 0.3) is 0 Å². The van der Waals surface area contributed by atoms with Gasteiger partial charge in [0.05, 0.1) is 31.3 Å². The third kappa shape index (κ3) is 38.8. The molecule has 0 saturated heterocycles. The second-order valence-corrected chi connectivity index (χ2v) is 16.4. The molecule has 0 aromatic heterocycles. The van der Waals surface area contributed by atoms with Gasteiger partial charge in [-0.3, -0.25) is 4.79 Å². The molecule has 3 atom stereocenters. The van der Waals surface area contributed by atoms with Crippen LogP contribution in [-0.4, -0.2) is 46.1 Å². The molecular weight excluding hydrogens is 643 g/mol. The third-order valence-corrected chi connectivity index (χ3v) is 11.1. The van der Waals surface area contributed by atoms with Gasteiger partial charge in [-0.1, -0.05) is 244 Å². The molecule has 52 heavy (non-hydrogen) atoms. The van der Waals surface area contributed by atoms with Gasteiger partial charge in [-0.05, 0) is 19.3 Å². The number of aliphatic hydroxyl groups is 3. The van der Waals surface area contributed by atoms with Crippen molar-refractivity contribution < 1.29 is 20.1 Å². The van der Waals surface area contributed by atoms with Gasteiger partial charge < -0.3 is 20.6 Å². The summed E-state index contributed by atoms with van der Waals surface area (Å²) >= 11 is 0. The molecule has 0 bridgehead atoms. The zero-order valence-electron chi connectivity index (χ0n) is 35.2. The molecule has 5 nitrogen and oxygen atoms in total. The van der Waals surface area contributed by atoms with Crippen molar-refractivity contribution in [2.45, 2.75) is 276 Å². The number of carbonyl (C=O) groups is 1. The molecule has 3 unspecified atom stereocenters. The number of hydrogen-bond donors (Lipinski definition) is 4. The first-order chi connectivity index (χ1) is 25.5. The molecule has 0 saturated carbocycles. The summed E-state index contributed by atoms with van der Waals surface area (Å²) in [7, 11) is 0. The molecule has 0 aliphatic rings. The maximum atomic E-state index is 12.4. The Morgan fingerprint density at radius 2 is 0.788 bits per heavy atom. The average Bonchev–Trinajstić information content (AvgIpc) is 3.14. The van der Waals surface area contributed by atoms with E-state index in [0.29, 0.717) is 6.42 Å². The second-order valence-electron chi connectivity index (χ2n) is 16.4. The lowest BCUT2D eigenvalue weighted by Gasteiger charge is -2.21. The van der Waals surface area contributed by atoms with Crippen LogP contribution < -0.4 is 5.32 Å². The van der Waals surface area contributed by atoms with E-state index in [0.717, 1.165) is 25.7 Å². The van der Waals surface area contributed by atoms with Gasteiger partial charge >= 0.3 is 0 Å². The van der Waals surface area contributed by atoms with E-state index in [1.54, 1.807) is 6.08 Å². The van der Waals surface area contributed by atoms with Crippen LogP contribution in [0, 0.1) is 0 Å². The van der Waals surface area contributed by atoms with Crippen molar-refractivity contribution in [3.05, 3.63) is 12.2 Å². The van der Waals surface area contributed by atoms with Crippen molar-refractivity contribution >= 4 is 5.91 Å². The molecule has 0 aromatic carbocycles. The van der Waals surface area contributed by atoms with Crippen molar-refractivity contribution in [1.29, 1.82) is 0 Å². The number of nitrogens with one attached hydrogen (secondary N) is 1. The van der Waals surface area contributed by atoms with E-state index in [-0.39, 0.29) is 18.9 Å². The number of carbonyl (C=O) groups excluding carboxylic acids is 1. The maximum absolute atomic E-state index is 12.4. The van der Waals surface area contributed by atoms with E-state index in [2.05, 4.69) is 19.2 Å². The Morgan fingerprint density at radius 3 is 1.12 bits per heavy atom. The van der Waals surface area contributed by atoms with E-state index in [9.17, 15) is 20.1 Å². The summed E-state index contributed by atoms with van der Waals surface area (Å²) in [6.07, 6.45) is 50.8. The summed E-state index contributed by atoms with van der Waals surface area (Å²) in [5.74, 6) is -0.311. The summed E-state index contributed by atoms with van der Waals surface area (Å²) in [5.41, 5.74) is 0. The molecule has 0 heterocycles. The number of rotatable bonds is 43. The van der Waals surface area contributed by atoms with Crippen molar-refractivity contribution in [2.24, 2.45) is 0 Å². The van der Waals surface area contributed by atoms with Crippen molar-refractivity contribution in [3.8, 4) is 0 Å². The minimum Gasteiger partial charge on any atom is -0.394 e. The molecule has 0 spiro atoms. The van der Waals surface area contributed by atoms with Gasteiger partial charge in [0.1, 0.15) is 0 Å². The summed E-state index contributed by atoms with van der Waals surface area (Å²) in [5, 5.41) is 33.2. The van der Waals surface area contributed by atoms with E-state index in [4.69, 9.17) is 0 Å². The predicted molar refractivity (Wildman–Crippen MR) is 227 cm³/mol. The Hall–Kier alpha value is -0.910. The number of amides is 1. The van der Waals surface area contributed by atoms with Gasteiger partial charge in [0.15, 0.2) is 0 Å². The largest absolute Gasteiger partial charge is 0.394 e. The summed E-state index contributed by atoms with van der Waals surface area (Å²) < 4.78 is 0. The zero-order chi connectivity index (χ0) is 38.0. The van der Waals surface area contributed by atoms with E-state index in [1.165, 1.54) is 205 Å². The first-order valence-electron chi connectivity index (χ1n) is 23.5. The standard InChI is InChI=1S/C47H93NO4/c1-3-5-7-9-11-13-15-17-18-19-20-21-22-23-24-25-26-27-29-30-32-34-36-38-40-44(50)42-47(52)48-45(43-49)46(51)41-39-37-35-33-31-28-16-14-12-10-8-6-4-2/h39,41,44-46,49-51H,3-38,40,42-43H2,1-2H3,(H,48,52)/b41-39+. The van der Waals surface area contributed by atoms with Gasteiger partial charge in [0.2, 0.25) is 5.91 Å². The van der Waals surface area contributed by atoms with Gasteiger partial charge in [-0.15, -0.1) is 0 Å². The molecule has 0 radical (unpaired) electrons. The number of hydrogen-bond acceptors (Lipinski definition) is 4. The fourth-order valence-electron chi connectivity index (χ4n) is 7.46. The molecule has 1 amide bonds. The van der Waals surface area contributed by atoms with Crippen LogP contribution in [0.1, 0.15) is 258 Å². The highest BCUT2D eigenvalue weighted by Gasteiger charge is 2.20. The quantitative estimate of drug-likeness (QED) is 0.0371. The van der Waals surface area contributed by atoms with Gasteiger partial charge in [0, 0.05) is 0 Å². The first kappa shape index (κ1) is 51.1. The van der Waals surface area contributed by atoms with E-state index in [1.807, 2.05) is 6.08 Å². The van der Waals surface area contributed by atoms with Crippen molar-refractivity contribution in [2.75, 3.05) is 6.61 Å². The zero-order valence-corrected chi connectivity index (χ0v) is 35.2. The Bertz CT molecular complexity index is 728. The lowest BCUT2D eigenvalue weighted by atomic mass is 10.0. The van der Waals surface area contributed by atoms with Crippen LogP contribution in [-0.2, 0) is 4.79 Å². The smallest absolute Gasteiger partial charge is 0.222 e. The Labute approximate surface area is 325 Å². The van der Waals surface area contributed by atoms with Crippen LogP contribution in [0.25, 0.3) is 0 Å². The molecule has 0 fully saturated rings. The molecule has 0 rings (SSSR count). The highest BCUT2D eigenvalue weighted by molar-refractivity contribution is 5.76. The van der Waals surface area contributed by atoms with Crippen LogP contribution in [0.15, 0.2) is 12.2 Å². The number of aliphatic hydroxyl groups excluding tert-OH is 3. The lowest BCUT2D eigenvalue weighted by Crippen LogP contribution is -2.45. The van der Waals surface area contributed by atoms with Gasteiger partial charge in [-0.2, -0.15) is 0 Å². The Kier molecular flexibility index (Phi) is 42.1. The lowest BCUT2D eigenvalue weighted by molar-refractivity contribution is -0.124. The number of allylic oxidation sites excluding steroid dienone is 1. The molecule has 0 aliphatic heterocycles. The van der Waals surface area contributed by atoms with Gasteiger partial charge in [-0.25, -0.2) is 0 Å². The normalized spacial score (nSPS) is 13.6. The van der Waals surface area contributed by atoms with Crippen molar-refractivity contribution in [1.82, 2.24) is 5.32 Å². The molecule has 310 valence electrons. The molecular formula is C47H93NO4. The maximum Gasteiger partial charge on any atom is 0.222 e. The van der Waals surface area contributed by atoms with E-state index >= 15 is 0 Å². The fourth-order valence-corrected chi connectivity index (χ4v) is 7.46. The minimum absolute atomic E-state index is 0.0189. The van der Waals surface area contributed by atoms with Crippen LogP contribution in [0.4, 0.5) is 0 Å². The Balaban J connectivity index is 3.55. The fraction of sp³-hybridized carbons (Fsp3) is 0.936. The second kappa shape index (κ2) is 42.8. The first-order valence-corrected chi connectivity index (χ1v) is 23.5. The van der Waals surface area contributed by atoms with Crippen LogP contribution >= 0.6 is 0 Å². The number of unbranched alkanes of at least 4 members (excludes halogenated alkanes) is 34. The summed E-state index contributed by atoms with van der Waals surface area (Å²) in [4.78, 5) is 12.4. The third-order valence-electron chi connectivity index (χ3n) is 11.1. The monoisotopic (exact) mass is 736 g/mol. The molecule has 4 N–H and O–H groups in total. The molecule has 5 heteroatoms. The summed E-state index contributed by atoms with van der Waals surface area (Å²) in [6, 6.07) is -0.739. The highest BCUT2D eigenvalue weighted by Crippen LogP contribution is 2.17. The minimum atomic E-state index is -0.923. The summed E-state index contributed by atoms with van der Waals surface area (Å²) in [6.45, 7) is 4.23. The van der Waals surface area contributed by atoms with Crippen molar-refractivity contribution in [3.63, 3.8) is 0 Å². The Morgan fingerprint density at radius 1 is 0.481 bits per heavy atom. The van der Waals surface area contributed by atoms with E-state index < -0.39 is 18.2 Å². The molecule has 0 aliphatic carbocycles. The SMILES string of the molecule is CCCCCCCCCCCCC/C=C/C(O)C(CO)NC(=O)CC(O)CCCCCCCCCCCCCCCCCCCCCCCCCC. The van der Waals surface area contributed by atoms with Crippen LogP contribution in [0.5, 0.6) is 0 Å². The van der Waals surface area contributed by atoms with Crippen LogP contribution in [0.2, 0.25) is 0 Å². The topological polar surface area (TPSA) is 89.8 Å². The molecule has 0 aromatic rings. The highest BCUT2D eigenvalue weighted by atomic mass is 16.3.